The summed E-state index contributed by atoms with van der Waals surface area (Å²) in [5, 5.41) is 0. The zero-order chi connectivity index (χ0) is 3.54. The molecular weight excluding hydrogens is 131 g/mol. The number of rotatable bonds is 0. The van der Waals surface area contributed by atoms with E-state index in [4.69, 9.17) is 0 Å². The van der Waals surface area contributed by atoms with Crippen LogP contribution in [0.5, 0.6) is 0 Å². The Balaban J connectivity index is 2.32. The molecule has 0 saturated carbocycles. The first-order chi connectivity index (χ1) is 2.50. The van der Waals surface area contributed by atoms with Gasteiger partial charge in [0.1, 0.15) is 0 Å². The fraction of sp³-hybridized carbons (Fsp3) is 0. The molecule has 1 heterocycles. The molecule has 2 nitrogen and oxygen atoms in total. The minimum atomic E-state index is 0.528. The molecular formula is C2H4N2Se. The van der Waals surface area contributed by atoms with Crippen LogP contribution in [0.25, 0.3) is 0 Å². The molecule has 3 heteroatoms. The minimum absolute atomic E-state index is 0.528. The Labute approximate surface area is 37.0 Å². The van der Waals surface area contributed by atoms with E-state index in [9.17, 15) is 0 Å². The van der Waals surface area contributed by atoms with Crippen LogP contribution in [0.4, 0.5) is 0 Å². The number of nitrogens with one attached hydrogen (secondary N) is 2. The van der Waals surface area contributed by atoms with Gasteiger partial charge in [-0.3, -0.25) is 0 Å². The normalized spacial score (nSPS) is 19.2. The third-order valence-corrected chi connectivity index (χ3v) is 1.40. The van der Waals surface area contributed by atoms with Gasteiger partial charge in [0.25, 0.3) is 0 Å². The Morgan fingerprint density at radius 3 is 2.80 bits per heavy atom. The molecule has 1 aliphatic rings. The fourth-order valence-corrected chi connectivity index (χ4v) is 0.884. The van der Waals surface area contributed by atoms with Crippen LogP contribution in [-0.2, 0) is 0 Å². The van der Waals surface area contributed by atoms with Gasteiger partial charge in [-0.15, -0.1) is 0 Å². The van der Waals surface area contributed by atoms with Gasteiger partial charge in [-0.25, -0.2) is 0 Å². The van der Waals surface area contributed by atoms with Gasteiger partial charge in [0.2, 0.25) is 0 Å². The third kappa shape index (κ3) is 0.651. The van der Waals surface area contributed by atoms with Gasteiger partial charge in [0, 0.05) is 0 Å². The molecule has 0 amide bonds. The van der Waals surface area contributed by atoms with Gasteiger partial charge in [-0.2, -0.15) is 0 Å². The molecule has 0 bridgehead atoms. The van der Waals surface area contributed by atoms with Crippen molar-refractivity contribution in [1.29, 1.82) is 0 Å². The van der Waals surface area contributed by atoms with Crippen molar-refractivity contribution < 1.29 is 0 Å². The Hall–Kier alpha value is 0.0195. The quantitative estimate of drug-likeness (QED) is 0.424. The molecule has 5 heavy (non-hydrogen) atoms. The van der Waals surface area contributed by atoms with Crippen molar-refractivity contribution in [2.24, 2.45) is 0 Å². The Morgan fingerprint density at radius 1 is 1.60 bits per heavy atom. The van der Waals surface area contributed by atoms with Crippen LogP contribution in [0.3, 0.4) is 0 Å². The van der Waals surface area contributed by atoms with Crippen molar-refractivity contribution in [1.82, 2.24) is 9.87 Å². The van der Waals surface area contributed by atoms with Gasteiger partial charge in [-0.1, -0.05) is 0 Å². The first kappa shape index (κ1) is 3.22. The third-order valence-electron chi connectivity index (χ3n) is 0.337. The van der Waals surface area contributed by atoms with Crippen LogP contribution in [0.15, 0.2) is 11.2 Å². The van der Waals surface area contributed by atoms with E-state index in [0.717, 1.165) is 0 Å². The van der Waals surface area contributed by atoms with Crippen LogP contribution in [0.1, 0.15) is 0 Å². The molecule has 0 aromatic rings. The van der Waals surface area contributed by atoms with Crippen LogP contribution in [0.2, 0.25) is 0 Å². The monoisotopic (exact) mass is 136 g/mol. The molecule has 1 aliphatic heterocycles. The molecule has 0 aromatic heterocycles. The summed E-state index contributed by atoms with van der Waals surface area (Å²) >= 11 is 0.528. The zero-order valence-corrected chi connectivity index (χ0v) is 4.28. The van der Waals surface area contributed by atoms with E-state index in [1.165, 1.54) is 0 Å². The van der Waals surface area contributed by atoms with Crippen LogP contribution in [0, 0.1) is 0 Å². The average Bonchev–Trinajstić information content (AvgIpc) is 1.76. The number of hydrogen-bond acceptors (Lipinski definition) is 2. The van der Waals surface area contributed by atoms with Crippen LogP contribution in [-0.4, -0.2) is 15.2 Å². The van der Waals surface area contributed by atoms with Crippen molar-refractivity contribution in [3.05, 3.63) is 11.2 Å². The van der Waals surface area contributed by atoms with Crippen molar-refractivity contribution in [3.63, 3.8) is 0 Å². The summed E-state index contributed by atoms with van der Waals surface area (Å²) in [4.78, 5) is 2.08. The second kappa shape index (κ2) is 1.45. The van der Waals surface area contributed by atoms with E-state index in [-0.39, 0.29) is 0 Å². The Bertz CT molecular complexity index is 45.6. The molecule has 0 aliphatic carbocycles. The summed E-state index contributed by atoms with van der Waals surface area (Å²) in [5.74, 6) is 0. The molecule has 1 rings (SSSR count). The van der Waals surface area contributed by atoms with Gasteiger partial charge >= 0.3 is 36.2 Å². The predicted octanol–water partition coefficient (Wildman–Crippen LogP) is -0.815. The number of hydrazine groups is 1. The molecule has 0 spiro atoms. The van der Waals surface area contributed by atoms with Gasteiger partial charge in [-0.05, 0) is 0 Å². The molecule has 2 N–H and O–H groups in total. The second-order valence-electron chi connectivity index (χ2n) is 0.667. The molecule has 0 unspecified atom stereocenters. The first-order valence-corrected chi connectivity index (χ1v) is 3.16. The van der Waals surface area contributed by atoms with Gasteiger partial charge in [0.05, 0.1) is 0 Å². The average molecular weight is 135 g/mol. The van der Waals surface area contributed by atoms with Crippen molar-refractivity contribution in [2.75, 3.05) is 0 Å². The molecule has 0 saturated heterocycles. The first-order valence-electron chi connectivity index (χ1n) is 1.31. The van der Waals surface area contributed by atoms with E-state index in [0.29, 0.717) is 15.2 Å². The van der Waals surface area contributed by atoms with Crippen LogP contribution >= 0.6 is 0 Å². The SMILES string of the molecule is C1=C[Se]NN1. The topological polar surface area (TPSA) is 24.1 Å². The van der Waals surface area contributed by atoms with Gasteiger partial charge < -0.3 is 0 Å². The summed E-state index contributed by atoms with van der Waals surface area (Å²) in [7, 11) is 0. The maximum absolute atomic E-state index is 2.92. The number of hydrogen-bond donors (Lipinski definition) is 2. The van der Waals surface area contributed by atoms with E-state index < -0.39 is 0 Å². The van der Waals surface area contributed by atoms with Crippen molar-refractivity contribution >= 4 is 15.2 Å². The fourth-order valence-electron chi connectivity index (χ4n) is 0.170. The molecule has 28 valence electrons. The van der Waals surface area contributed by atoms with Crippen molar-refractivity contribution in [3.8, 4) is 0 Å². The summed E-state index contributed by atoms with van der Waals surface area (Å²) < 4.78 is 2.92. The zero-order valence-electron chi connectivity index (χ0n) is 2.56. The van der Waals surface area contributed by atoms with E-state index in [1.807, 2.05) is 6.20 Å². The predicted molar refractivity (Wildman–Crippen MR) is 21.2 cm³/mol. The Morgan fingerprint density at radius 2 is 2.60 bits per heavy atom. The summed E-state index contributed by atoms with van der Waals surface area (Å²) in [6, 6.07) is 0. The van der Waals surface area contributed by atoms with E-state index >= 15 is 0 Å². The molecule has 0 atom stereocenters. The molecule has 0 radical (unpaired) electrons. The van der Waals surface area contributed by atoms with Crippen LogP contribution < -0.4 is 9.87 Å². The van der Waals surface area contributed by atoms with E-state index in [1.54, 1.807) is 0 Å². The standard InChI is InChI=1S/C2H4N2Se/c1-2-5-4-3-1/h1-4H. The second-order valence-corrected chi connectivity index (χ2v) is 2.16. The molecule has 0 aromatic carbocycles. The molecule has 0 fully saturated rings. The summed E-state index contributed by atoms with van der Waals surface area (Å²) in [5.41, 5.74) is 2.82. The Kier molecular flexibility index (Phi) is 0.936. The van der Waals surface area contributed by atoms with E-state index in [2.05, 4.69) is 14.8 Å². The summed E-state index contributed by atoms with van der Waals surface area (Å²) in [6.45, 7) is 0. The van der Waals surface area contributed by atoms with Crippen molar-refractivity contribution in [2.45, 2.75) is 0 Å². The maximum atomic E-state index is 2.92. The van der Waals surface area contributed by atoms with Gasteiger partial charge in [0.15, 0.2) is 0 Å². The summed E-state index contributed by atoms with van der Waals surface area (Å²) in [6.07, 6.45) is 1.90.